The zero-order valence-electron chi connectivity index (χ0n) is 16.8. The van der Waals surface area contributed by atoms with Crippen LogP contribution in [0.15, 0.2) is 4.99 Å². The molecular weight excluding hydrogens is 346 g/mol. The molecule has 0 radical (unpaired) electrons. The second-order valence-electron chi connectivity index (χ2n) is 7.45. The van der Waals surface area contributed by atoms with E-state index < -0.39 is 5.41 Å². The molecule has 1 aromatic rings. The van der Waals surface area contributed by atoms with Gasteiger partial charge in [0, 0.05) is 25.0 Å². The van der Waals surface area contributed by atoms with Crippen LogP contribution in [0.3, 0.4) is 0 Å². The van der Waals surface area contributed by atoms with Crippen molar-refractivity contribution in [2.75, 3.05) is 26.7 Å². The Bertz CT molecular complexity index is 614. The highest BCUT2D eigenvalue weighted by molar-refractivity contribution is 7.11. The predicted molar refractivity (Wildman–Crippen MR) is 109 cm³/mol. The highest BCUT2D eigenvalue weighted by Gasteiger charge is 2.27. The van der Waals surface area contributed by atoms with Gasteiger partial charge in [-0.25, -0.2) is 4.98 Å². The van der Waals surface area contributed by atoms with Gasteiger partial charge >= 0.3 is 0 Å². The molecule has 1 aliphatic carbocycles. The molecule has 0 aromatic carbocycles. The minimum absolute atomic E-state index is 0.0369. The van der Waals surface area contributed by atoms with Crippen LogP contribution in [0.4, 0.5) is 0 Å². The number of carbonyl (C=O) groups is 1. The fraction of sp³-hybridized carbons (Fsp3) is 0.737. The van der Waals surface area contributed by atoms with Gasteiger partial charge in [-0.3, -0.25) is 9.79 Å². The van der Waals surface area contributed by atoms with Crippen LogP contribution in [0.2, 0.25) is 0 Å². The summed E-state index contributed by atoms with van der Waals surface area (Å²) >= 11 is 1.83. The van der Waals surface area contributed by atoms with Crippen LogP contribution in [0.5, 0.6) is 0 Å². The second-order valence-corrected chi connectivity index (χ2v) is 8.62. The van der Waals surface area contributed by atoms with Crippen LogP contribution >= 0.6 is 11.3 Å². The average molecular weight is 380 g/mol. The lowest BCUT2D eigenvalue weighted by molar-refractivity contribution is -0.128. The molecule has 0 aliphatic heterocycles. The minimum atomic E-state index is -0.530. The summed E-state index contributed by atoms with van der Waals surface area (Å²) < 4.78 is 0. The van der Waals surface area contributed by atoms with Crippen LogP contribution in [0.1, 0.15) is 56.1 Å². The molecule has 1 heterocycles. The van der Waals surface area contributed by atoms with E-state index >= 15 is 0 Å². The van der Waals surface area contributed by atoms with E-state index in [0.717, 1.165) is 30.5 Å². The van der Waals surface area contributed by atoms with E-state index in [4.69, 9.17) is 9.98 Å². The number of aliphatic imine (C=N–C) groups is 1. The number of hydrogen-bond donors (Lipinski definition) is 2. The van der Waals surface area contributed by atoms with Crippen molar-refractivity contribution in [1.82, 2.24) is 20.5 Å². The standard InChI is InChI=1S/C19H33N5OS/c1-6-20-17(25)19(3,4)13-22-18(21-7-2)24(5)12-16-23-14-10-8-9-11-15(14)26-16/h6-13H2,1-5H3,(H,20,25)(H,21,22). The van der Waals surface area contributed by atoms with Crippen molar-refractivity contribution in [3.05, 3.63) is 15.6 Å². The number of nitrogens with one attached hydrogen (secondary N) is 2. The SMILES string of the molecule is CCNC(=O)C(C)(C)CN=C(NCC)N(C)Cc1nc2c(s1)CCCC2. The summed E-state index contributed by atoms with van der Waals surface area (Å²) in [5.74, 6) is 0.855. The van der Waals surface area contributed by atoms with Gasteiger partial charge in [-0.15, -0.1) is 11.3 Å². The third-order valence-corrected chi connectivity index (χ3v) is 5.68. The third-order valence-electron chi connectivity index (χ3n) is 4.53. The summed E-state index contributed by atoms with van der Waals surface area (Å²) in [7, 11) is 2.03. The van der Waals surface area contributed by atoms with Crippen LogP contribution in [-0.4, -0.2) is 48.4 Å². The van der Waals surface area contributed by atoms with Gasteiger partial charge in [0.15, 0.2) is 5.96 Å². The summed E-state index contributed by atoms with van der Waals surface area (Å²) in [4.78, 5) is 25.3. The van der Waals surface area contributed by atoms with Crippen LogP contribution in [0, 0.1) is 5.41 Å². The van der Waals surface area contributed by atoms with Gasteiger partial charge in [-0.1, -0.05) is 0 Å². The summed E-state index contributed by atoms with van der Waals surface area (Å²) in [6.45, 7) is 10.5. The molecule has 2 N–H and O–H groups in total. The monoisotopic (exact) mass is 379 g/mol. The normalized spacial score (nSPS) is 14.7. The maximum atomic E-state index is 12.2. The largest absolute Gasteiger partial charge is 0.357 e. The molecule has 0 saturated carbocycles. The smallest absolute Gasteiger partial charge is 0.227 e. The molecule has 1 amide bonds. The van der Waals surface area contributed by atoms with E-state index in [9.17, 15) is 4.79 Å². The Morgan fingerprint density at radius 1 is 1.23 bits per heavy atom. The molecule has 7 heteroatoms. The zero-order chi connectivity index (χ0) is 19.2. The molecule has 0 unspecified atom stereocenters. The summed E-state index contributed by atoms with van der Waals surface area (Å²) in [6, 6.07) is 0. The number of guanidine groups is 1. The second kappa shape index (κ2) is 9.35. The number of amides is 1. The first-order chi connectivity index (χ1) is 12.4. The number of hydrogen-bond acceptors (Lipinski definition) is 4. The molecular formula is C19H33N5OS. The highest BCUT2D eigenvalue weighted by Crippen LogP contribution is 2.27. The maximum Gasteiger partial charge on any atom is 0.227 e. The number of fused-ring (bicyclic) bond motifs is 1. The molecule has 146 valence electrons. The number of aryl methyl sites for hydroxylation is 2. The number of nitrogens with zero attached hydrogens (tertiary/aromatic N) is 3. The Morgan fingerprint density at radius 2 is 1.92 bits per heavy atom. The van der Waals surface area contributed by atoms with Gasteiger partial charge in [-0.05, 0) is 53.4 Å². The molecule has 26 heavy (non-hydrogen) atoms. The fourth-order valence-electron chi connectivity index (χ4n) is 2.96. The molecule has 0 spiro atoms. The van der Waals surface area contributed by atoms with Crippen LogP contribution < -0.4 is 10.6 Å². The minimum Gasteiger partial charge on any atom is -0.357 e. The Morgan fingerprint density at radius 3 is 2.58 bits per heavy atom. The van der Waals surface area contributed by atoms with Crippen LogP contribution in [0.25, 0.3) is 0 Å². The molecule has 6 nitrogen and oxygen atoms in total. The van der Waals surface area contributed by atoms with E-state index in [1.807, 2.05) is 39.2 Å². The van der Waals surface area contributed by atoms with Crippen molar-refractivity contribution in [3.8, 4) is 0 Å². The first-order valence-corrected chi connectivity index (χ1v) is 10.4. The summed E-state index contributed by atoms with van der Waals surface area (Å²) in [5, 5.41) is 7.36. The van der Waals surface area contributed by atoms with E-state index in [-0.39, 0.29) is 5.91 Å². The lowest BCUT2D eigenvalue weighted by Gasteiger charge is -2.25. The number of rotatable bonds is 7. The molecule has 0 fully saturated rings. The average Bonchev–Trinajstić information content (AvgIpc) is 3.00. The van der Waals surface area contributed by atoms with Gasteiger partial charge < -0.3 is 15.5 Å². The number of thiazole rings is 1. The topological polar surface area (TPSA) is 69.6 Å². The van der Waals surface area contributed by atoms with Gasteiger partial charge in [0.25, 0.3) is 0 Å². The quantitative estimate of drug-likeness (QED) is 0.564. The van der Waals surface area contributed by atoms with Crippen LogP contribution in [-0.2, 0) is 24.2 Å². The molecule has 0 bridgehead atoms. The maximum absolute atomic E-state index is 12.2. The first kappa shape index (κ1) is 20.7. The van der Waals surface area contributed by atoms with E-state index in [1.54, 1.807) is 0 Å². The van der Waals surface area contributed by atoms with E-state index in [0.29, 0.717) is 13.1 Å². The lowest BCUT2D eigenvalue weighted by Crippen LogP contribution is -2.42. The lowest BCUT2D eigenvalue weighted by atomic mass is 9.92. The van der Waals surface area contributed by atoms with Gasteiger partial charge in [0.05, 0.1) is 24.2 Å². The van der Waals surface area contributed by atoms with Gasteiger partial charge in [0.2, 0.25) is 5.91 Å². The molecule has 1 aromatic heterocycles. The predicted octanol–water partition coefficient (Wildman–Crippen LogP) is 2.58. The fourth-order valence-corrected chi connectivity index (χ4v) is 4.18. The van der Waals surface area contributed by atoms with Crippen molar-refractivity contribution < 1.29 is 4.79 Å². The highest BCUT2D eigenvalue weighted by atomic mass is 32.1. The number of carbonyl (C=O) groups excluding carboxylic acids is 1. The molecule has 2 rings (SSSR count). The zero-order valence-corrected chi connectivity index (χ0v) is 17.6. The van der Waals surface area contributed by atoms with E-state index in [2.05, 4.69) is 22.5 Å². The van der Waals surface area contributed by atoms with Crippen molar-refractivity contribution in [3.63, 3.8) is 0 Å². The van der Waals surface area contributed by atoms with Gasteiger partial charge in [0.1, 0.15) is 5.01 Å². The molecule has 0 atom stereocenters. The Labute approximate surface area is 161 Å². The van der Waals surface area contributed by atoms with Crippen molar-refractivity contribution in [2.45, 2.75) is 59.9 Å². The Balaban J connectivity index is 2.05. The third kappa shape index (κ3) is 5.43. The van der Waals surface area contributed by atoms with E-state index in [1.165, 1.54) is 29.8 Å². The van der Waals surface area contributed by atoms with Gasteiger partial charge in [-0.2, -0.15) is 0 Å². The number of aromatic nitrogens is 1. The Kier molecular flexibility index (Phi) is 7.43. The van der Waals surface area contributed by atoms with Crippen molar-refractivity contribution in [1.29, 1.82) is 0 Å². The summed E-state index contributed by atoms with van der Waals surface area (Å²) in [5.41, 5.74) is 0.765. The Hall–Kier alpha value is -1.63. The molecule has 1 aliphatic rings. The van der Waals surface area contributed by atoms with Crippen molar-refractivity contribution in [2.24, 2.45) is 10.4 Å². The summed E-state index contributed by atoms with van der Waals surface area (Å²) in [6.07, 6.45) is 4.82. The van der Waals surface area contributed by atoms with Crippen molar-refractivity contribution >= 4 is 23.2 Å². The molecule has 0 saturated heterocycles. The first-order valence-electron chi connectivity index (χ1n) is 9.62.